The molecule has 1 amide bonds. The van der Waals surface area contributed by atoms with Crippen LogP contribution in [0.5, 0.6) is 0 Å². The van der Waals surface area contributed by atoms with Gasteiger partial charge in [0, 0.05) is 25.2 Å². The molecule has 0 spiro atoms. The van der Waals surface area contributed by atoms with E-state index in [1.54, 1.807) is 0 Å². The number of nitrogens with zero attached hydrogens (tertiary/aromatic N) is 1. The lowest BCUT2D eigenvalue weighted by atomic mass is 10.2. The Bertz CT molecular complexity index is 790. The summed E-state index contributed by atoms with van der Waals surface area (Å²) in [4.78, 5) is 21.9. The summed E-state index contributed by atoms with van der Waals surface area (Å²) in [6.45, 7) is 0.134. The van der Waals surface area contributed by atoms with Crippen molar-refractivity contribution in [2.75, 3.05) is 18.4 Å². The van der Waals surface area contributed by atoms with Gasteiger partial charge in [0.15, 0.2) is 0 Å². The molecule has 0 aliphatic rings. The molecule has 0 aliphatic heterocycles. The van der Waals surface area contributed by atoms with Crippen LogP contribution in [-0.2, 0) is 0 Å². The summed E-state index contributed by atoms with van der Waals surface area (Å²) in [6.07, 6.45) is 0. The van der Waals surface area contributed by atoms with Crippen LogP contribution in [0.3, 0.4) is 0 Å². The van der Waals surface area contributed by atoms with Crippen LogP contribution in [0.15, 0.2) is 30.3 Å². The molecule has 10 heteroatoms. The SMILES string of the molecule is O=C(NCCNc1c(Cl)cc([N+](=O)[O-])cc1Cl)c1c(F)cccc1F. The van der Waals surface area contributed by atoms with Gasteiger partial charge in [0.25, 0.3) is 11.6 Å². The molecule has 0 saturated heterocycles. The summed E-state index contributed by atoms with van der Waals surface area (Å²) in [5, 5.41) is 15.9. The second kappa shape index (κ2) is 8.09. The Morgan fingerprint density at radius 3 is 2.20 bits per heavy atom. The van der Waals surface area contributed by atoms with Crippen LogP contribution in [0, 0.1) is 21.7 Å². The van der Waals surface area contributed by atoms with E-state index in [2.05, 4.69) is 10.6 Å². The van der Waals surface area contributed by atoms with E-state index in [1.165, 1.54) is 0 Å². The van der Waals surface area contributed by atoms with E-state index in [4.69, 9.17) is 23.2 Å². The number of non-ortho nitro benzene ring substituents is 1. The van der Waals surface area contributed by atoms with Crippen LogP contribution in [0.2, 0.25) is 10.0 Å². The topological polar surface area (TPSA) is 84.3 Å². The number of anilines is 1. The summed E-state index contributed by atoms with van der Waals surface area (Å²) >= 11 is 11.8. The molecular formula is C15H11Cl2F2N3O3. The number of nitro groups is 1. The highest BCUT2D eigenvalue weighted by Crippen LogP contribution is 2.34. The maximum absolute atomic E-state index is 13.5. The molecule has 0 fully saturated rings. The number of halogens is 4. The summed E-state index contributed by atoms with van der Waals surface area (Å²) in [5.41, 5.74) is -0.682. The molecule has 0 saturated carbocycles. The number of carbonyl (C=O) groups is 1. The van der Waals surface area contributed by atoms with Crippen molar-refractivity contribution in [2.45, 2.75) is 0 Å². The molecule has 0 aromatic heterocycles. The Morgan fingerprint density at radius 1 is 1.12 bits per heavy atom. The zero-order valence-corrected chi connectivity index (χ0v) is 14.0. The summed E-state index contributed by atoms with van der Waals surface area (Å²) in [7, 11) is 0. The molecular weight excluding hydrogens is 379 g/mol. The minimum absolute atomic E-state index is 0.0102. The van der Waals surface area contributed by atoms with E-state index in [0.717, 1.165) is 30.3 Å². The van der Waals surface area contributed by atoms with Crippen LogP contribution in [-0.4, -0.2) is 23.9 Å². The van der Waals surface area contributed by atoms with Crippen molar-refractivity contribution in [3.05, 3.63) is 67.7 Å². The third-order valence-corrected chi connectivity index (χ3v) is 3.74. The van der Waals surface area contributed by atoms with Gasteiger partial charge in [0.05, 0.1) is 20.7 Å². The van der Waals surface area contributed by atoms with Crippen molar-refractivity contribution in [3.8, 4) is 0 Å². The van der Waals surface area contributed by atoms with E-state index in [0.29, 0.717) is 0 Å². The van der Waals surface area contributed by atoms with Crippen molar-refractivity contribution in [2.24, 2.45) is 0 Å². The van der Waals surface area contributed by atoms with Crippen molar-refractivity contribution in [1.29, 1.82) is 0 Å². The van der Waals surface area contributed by atoms with Gasteiger partial charge in [-0.3, -0.25) is 14.9 Å². The second-order valence-electron chi connectivity index (χ2n) is 4.82. The fraction of sp³-hybridized carbons (Fsp3) is 0.133. The average Bonchev–Trinajstić information content (AvgIpc) is 2.52. The predicted molar refractivity (Wildman–Crippen MR) is 90.3 cm³/mol. The standard InChI is InChI=1S/C15H11Cl2F2N3O3/c16-9-6-8(22(24)25)7-10(17)14(9)20-4-5-21-15(23)13-11(18)2-1-3-12(13)19/h1-3,6-7,20H,4-5H2,(H,21,23). The Morgan fingerprint density at radius 2 is 1.68 bits per heavy atom. The van der Waals surface area contributed by atoms with Crippen LogP contribution in [0.4, 0.5) is 20.2 Å². The molecule has 0 bridgehead atoms. The van der Waals surface area contributed by atoms with Crippen molar-refractivity contribution >= 4 is 40.5 Å². The smallest absolute Gasteiger partial charge is 0.272 e. The number of amides is 1. The first kappa shape index (κ1) is 18.9. The van der Waals surface area contributed by atoms with Crippen LogP contribution in [0.1, 0.15) is 10.4 Å². The van der Waals surface area contributed by atoms with Gasteiger partial charge in [-0.15, -0.1) is 0 Å². The molecule has 25 heavy (non-hydrogen) atoms. The normalized spacial score (nSPS) is 10.4. The highest BCUT2D eigenvalue weighted by molar-refractivity contribution is 6.39. The van der Waals surface area contributed by atoms with Crippen molar-refractivity contribution < 1.29 is 18.5 Å². The van der Waals surface area contributed by atoms with E-state index in [1.807, 2.05) is 0 Å². The molecule has 2 aromatic rings. The number of carbonyl (C=O) groups excluding carboxylic acids is 1. The van der Waals surface area contributed by atoms with Gasteiger partial charge in [-0.05, 0) is 12.1 Å². The summed E-state index contributed by atoms with van der Waals surface area (Å²) < 4.78 is 27.0. The Labute approximate surface area is 150 Å². The number of hydrogen-bond donors (Lipinski definition) is 2. The third kappa shape index (κ3) is 4.55. The number of rotatable bonds is 6. The van der Waals surface area contributed by atoms with E-state index in [9.17, 15) is 23.7 Å². The Hall–Kier alpha value is -2.45. The summed E-state index contributed by atoms with van der Waals surface area (Å²) in [6, 6.07) is 5.37. The number of benzene rings is 2. The number of nitrogens with one attached hydrogen (secondary N) is 2. The van der Waals surface area contributed by atoms with Crippen LogP contribution >= 0.6 is 23.2 Å². The van der Waals surface area contributed by atoms with E-state index < -0.39 is 28.0 Å². The molecule has 2 N–H and O–H groups in total. The zero-order valence-electron chi connectivity index (χ0n) is 12.5. The van der Waals surface area contributed by atoms with Gasteiger partial charge in [-0.2, -0.15) is 0 Å². The van der Waals surface area contributed by atoms with Crippen molar-refractivity contribution in [3.63, 3.8) is 0 Å². The quantitative estimate of drug-likeness (QED) is 0.443. The Balaban J connectivity index is 1.96. The Kier molecular flexibility index (Phi) is 6.11. The van der Waals surface area contributed by atoms with Gasteiger partial charge in [-0.1, -0.05) is 29.3 Å². The number of hydrogen-bond acceptors (Lipinski definition) is 4. The minimum atomic E-state index is -0.966. The third-order valence-electron chi connectivity index (χ3n) is 3.14. The maximum Gasteiger partial charge on any atom is 0.272 e. The minimum Gasteiger partial charge on any atom is -0.381 e. The lowest BCUT2D eigenvalue weighted by Crippen LogP contribution is -2.30. The first-order valence-electron chi connectivity index (χ1n) is 6.90. The molecule has 2 rings (SSSR count). The van der Waals surface area contributed by atoms with Gasteiger partial charge < -0.3 is 10.6 Å². The lowest BCUT2D eigenvalue weighted by molar-refractivity contribution is -0.384. The van der Waals surface area contributed by atoms with E-state index >= 15 is 0 Å². The van der Waals surface area contributed by atoms with Gasteiger partial charge in [-0.25, -0.2) is 8.78 Å². The van der Waals surface area contributed by atoms with Crippen LogP contribution < -0.4 is 10.6 Å². The molecule has 0 atom stereocenters. The first-order chi connectivity index (χ1) is 11.8. The molecule has 132 valence electrons. The number of nitro benzene ring substituents is 1. The molecule has 0 unspecified atom stereocenters. The monoisotopic (exact) mass is 389 g/mol. The molecule has 0 radical (unpaired) electrons. The molecule has 0 heterocycles. The molecule has 2 aromatic carbocycles. The van der Waals surface area contributed by atoms with Gasteiger partial charge in [0.1, 0.15) is 17.2 Å². The maximum atomic E-state index is 13.5. The summed E-state index contributed by atoms with van der Waals surface area (Å²) in [5.74, 6) is -2.84. The highest BCUT2D eigenvalue weighted by Gasteiger charge is 2.17. The lowest BCUT2D eigenvalue weighted by Gasteiger charge is -2.11. The van der Waals surface area contributed by atoms with Crippen molar-refractivity contribution in [1.82, 2.24) is 5.32 Å². The predicted octanol–water partition coefficient (Wildman–Crippen LogP) is 4.02. The highest BCUT2D eigenvalue weighted by atomic mass is 35.5. The fourth-order valence-electron chi connectivity index (χ4n) is 2.00. The zero-order chi connectivity index (χ0) is 18.6. The molecule has 0 aliphatic carbocycles. The van der Waals surface area contributed by atoms with E-state index in [-0.39, 0.29) is 34.5 Å². The largest absolute Gasteiger partial charge is 0.381 e. The van der Waals surface area contributed by atoms with Crippen LogP contribution in [0.25, 0.3) is 0 Å². The fourth-order valence-corrected chi connectivity index (χ4v) is 2.61. The first-order valence-corrected chi connectivity index (χ1v) is 7.66. The molecule has 6 nitrogen and oxygen atoms in total. The average molecular weight is 390 g/mol. The second-order valence-corrected chi connectivity index (χ2v) is 5.64. The van der Waals surface area contributed by atoms with Gasteiger partial charge in [0.2, 0.25) is 0 Å². The van der Waals surface area contributed by atoms with Gasteiger partial charge >= 0.3 is 0 Å².